The summed E-state index contributed by atoms with van der Waals surface area (Å²) >= 11 is 0. The molecule has 0 aliphatic heterocycles. The maximum absolute atomic E-state index is 12.3. The first-order chi connectivity index (χ1) is 15.7. The highest BCUT2D eigenvalue weighted by atomic mass is 16.5. The Balaban J connectivity index is 4.02. The van der Waals surface area contributed by atoms with Gasteiger partial charge in [-0.05, 0) is 25.2 Å². The van der Waals surface area contributed by atoms with Crippen molar-refractivity contribution in [2.24, 2.45) is 11.8 Å². The third-order valence-corrected chi connectivity index (χ3v) is 7.02. The van der Waals surface area contributed by atoms with Crippen molar-refractivity contribution in [2.75, 3.05) is 6.61 Å². The highest BCUT2D eigenvalue weighted by Gasteiger charge is 2.16. The van der Waals surface area contributed by atoms with E-state index in [4.69, 9.17) is 4.74 Å². The molecule has 2 heteroatoms. The molecule has 192 valence electrons. The molecule has 0 aliphatic rings. The molecule has 0 bridgehead atoms. The van der Waals surface area contributed by atoms with E-state index < -0.39 is 0 Å². The average Bonchev–Trinajstić information content (AvgIpc) is 2.79. The average molecular weight is 453 g/mol. The van der Waals surface area contributed by atoms with E-state index in [0.717, 1.165) is 12.8 Å². The van der Waals surface area contributed by atoms with Crippen molar-refractivity contribution >= 4 is 5.97 Å². The van der Waals surface area contributed by atoms with Gasteiger partial charge in [0.25, 0.3) is 0 Å². The van der Waals surface area contributed by atoms with Crippen LogP contribution in [-0.4, -0.2) is 12.6 Å². The molecule has 0 aromatic rings. The van der Waals surface area contributed by atoms with E-state index in [0.29, 0.717) is 12.5 Å². The summed E-state index contributed by atoms with van der Waals surface area (Å²) in [4.78, 5) is 12.3. The molecular weight excluding hydrogens is 392 g/mol. The molecule has 0 radical (unpaired) electrons. The molecule has 0 spiro atoms. The lowest BCUT2D eigenvalue weighted by atomic mass is 9.94. The Labute approximate surface area is 203 Å². The Hall–Kier alpha value is -0.530. The maximum Gasteiger partial charge on any atom is 0.308 e. The quantitative estimate of drug-likeness (QED) is 0.102. The molecule has 0 rings (SSSR count). The van der Waals surface area contributed by atoms with Gasteiger partial charge in [-0.2, -0.15) is 0 Å². The minimum Gasteiger partial charge on any atom is -0.465 e. The normalized spacial score (nSPS) is 13.2. The van der Waals surface area contributed by atoms with Gasteiger partial charge in [-0.25, -0.2) is 0 Å². The van der Waals surface area contributed by atoms with E-state index in [2.05, 4.69) is 20.8 Å². The minimum atomic E-state index is 0.0239. The Morgan fingerprint density at radius 1 is 0.531 bits per heavy atom. The van der Waals surface area contributed by atoms with Crippen LogP contribution in [-0.2, 0) is 9.53 Å². The fraction of sp³-hybridized carbons (Fsp3) is 0.967. The zero-order chi connectivity index (χ0) is 23.7. The van der Waals surface area contributed by atoms with Gasteiger partial charge in [0.2, 0.25) is 0 Å². The summed E-state index contributed by atoms with van der Waals surface area (Å²) in [5.74, 6) is 0.652. The second-order valence-electron chi connectivity index (χ2n) is 10.4. The number of unbranched alkanes of at least 4 members (excludes halogenated alkanes) is 16. The molecule has 0 aromatic heterocycles. The van der Waals surface area contributed by atoms with E-state index >= 15 is 0 Å². The summed E-state index contributed by atoms with van der Waals surface area (Å²) in [6, 6.07) is 0. The van der Waals surface area contributed by atoms with Crippen LogP contribution in [0.5, 0.6) is 0 Å². The number of rotatable bonds is 25. The van der Waals surface area contributed by atoms with Gasteiger partial charge in [-0.15, -0.1) is 0 Å². The lowest BCUT2D eigenvalue weighted by Gasteiger charge is -2.19. The van der Waals surface area contributed by atoms with Crippen LogP contribution in [0, 0.1) is 11.8 Å². The van der Waals surface area contributed by atoms with E-state index in [1.165, 1.54) is 128 Å². The summed E-state index contributed by atoms with van der Waals surface area (Å²) in [5, 5.41) is 0. The van der Waals surface area contributed by atoms with Crippen molar-refractivity contribution in [1.29, 1.82) is 0 Å². The summed E-state index contributed by atoms with van der Waals surface area (Å²) in [6.07, 6.45) is 29.3. The molecule has 0 saturated carbocycles. The summed E-state index contributed by atoms with van der Waals surface area (Å²) in [7, 11) is 0. The predicted octanol–water partition coefficient (Wildman–Crippen LogP) is 10.4. The first-order valence-electron chi connectivity index (χ1n) is 14.8. The molecule has 2 atom stereocenters. The standard InChI is InChI=1S/C30H60O2/c1-5-8-10-12-14-16-17-19-21-23-26-29(27-32-30(31)28(4)24-7-3)25-22-20-18-15-13-11-9-6-2/h28-29H,5-27H2,1-4H3. The Kier molecular flexibility index (Phi) is 24.7. The van der Waals surface area contributed by atoms with Crippen LogP contribution in [0.25, 0.3) is 0 Å². The zero-order valence-corrected chi connectivity index (χ0v) is 22.7. The molecule has 0 heterocycles. The number of ether oxygens (including phenoxy) is 1. The smallest absolute Gasteiger partial charge is 0.308 e. The molecule has 0 fully saturated rings. The second-order valence-corrected chi connectivity index (χ2v) is 10.4. The third-order valence-electron chi connectivity index (χ3n) is 7.02. The van der Waals surface area contributed by atoms with Crippen molar-refractivity contribution < 1.29 is 9.53 Å². The lowest BCUT2D eigenvalue weighted by molar-refractivity contribution is -0.149. The van der Waals surface area contributed by atoms with Gasteiger partial charge in [-0.1, -0.05) is 150 Å². The maximum atomic E-state index is 12.3. The fourth-order valence-corrected chi connectivity index (χ4v) is 4.69. The van der Waals surface area contributed by atoms with Crippen LogP contribution in [0.15, 0.2) is 0 Å². The van der Waals surface area contributed by atoms with Crippen LogP contribution in [0.4, 0.5) is 0 Å². The fourth-order valence-electron chi connectivity index (χ4n) is 4.69. The van der Waals surface area contributed by atoms with Crippen LogP contribution in [0.2, 0.25) is 0 Å². The van der Waals surface area contributed by atoms with Gasteiger partial charge in [0.1, 0.15) is 0 Å². The van der Waals surface area contributed by atoms with E-state index in [1.54, 1.807) is 0 Å². The minimum absolute atomic E-state index is 0.0239. The number of esters is 1. The van der Waals surface area contributed by atoms with Crippen LogP contribution in [0.1, 0.15) is 169 Å². The van der Waals surface area contributed by atoms with Gasteiger partial charge >= 0.3 is 5.97 Å². The van der Waals surface area contributed by atoms with Gasteiger partial charge in [0, 0.05) is 0 Å². The SMILES string of the molecule is CCCCCCCCCCCCC(CCCCCCCCCC)COC(=O)C(C)CCC. The zero-order valence-electron chi connectivity index (χ0n) is 22.7. The number of hydrogen-bond donors (Lipinski definition) is 0. The topological polar surface area (TPSA) is 26.3 Å². The van der Waals surface area contributed by atoms with Crippen molar-refractivity contribution in [2.45, 2.75) is 169 Å². The van der Waals surface area contributed by atoms with Gasteiger partial charge in [0.05, 0.1) is 12.5 Å². The van der Waals surface area contributed by atoms with Gasteiger partial charge in [-0.3, -0.25) is 4.79 Å². The molecule has 2 unspecified atom stereocenters. The molecule has 0 N–H and O–H groups in total. The Bertz CT molecular complexity index is 379. The van der Waals surface area contributed by atoms with Gasteiger partial charge < -0.3 is 4.74 Å². The summed E-state index contributed by atoms with van der Waals surface area (Å²) < 4.78 is 5.74. The second kappa shape index (κ2) is 25.1. The Morgan fingerprint density at radius 2 is 0.906 bits per heavy atom. The lowest BCUT2D eigenvalue weighted by Crippen LogP contribution is -2.19. The largest absolute Gasteiger partial charge is 0.465 e. The molecule has 0 amide bonds. The molecule has 2 nitrogen and oxygen atoms in total. The summed E-state index contributed by atoms with van der Waals surface area (Å²) in [5.41, 5.74) is 0. The van der Waals surface area contributed by atoms with Crippen LogP contribution < -0.4 is 0 Å². The highest BCUT2D eigenvalue weighted by molar-refractivity contribution is 5.71. The Morgan fingerprint density at radius 3 is 1.28 bits per heavy atom. The van der Waals surface area contributed by atoms with Crippen LogP contribution >= 0.6 is 0 Å². The van der Waals surface area contributed by atoms with E-state index in [9.17, 15) is 4.79 Å². The number of carbonyl (C=O) groups is 1. The highest BCUT2D eigenvalue weighted by Crippen LogP contribution is 2.21. The monoisotopic (exact) mass is 452 g/mol. The molecule has 32 heavy (non-hydrogen) atoms. The number of hydrogen-bond acceptors (Lipinski definition) is 2. The van der Waals surface area contributed by atoms with E-state index in [1.807, 2.05) is 6.92 Å². The first kappa shape index (κ1) is 31.5. The van der Waals surface area contributed by atoms with Crippen molar-refractivity contribution in [3.63, 3.8) is 0 Å². The van der Waals surface area contributed by atoms with Gasteiger partial charge in [0.15, 0.2) is 0 Å². The van der Waals surface area contributed by atoms with Crippen molar-refractivity contribution in [3.05, 3.63) is 0 Å². The molecule has 0 aromatic carbocycles. The molecular formula is C30H60O2. The van der Waals surface area contributed by atoms with Crippen molar-refractivity contribution in [3.8, 4) is 0 Å². The molecule has 0 saturated heterocycles. The summed E-state index contributed by atoms with van der Waals surface area (Å²) in [6.45, 7) is 9.38. The van der Waals surface area contributed by atoms with Crippen LogP contribution in [0.3, 0.4) is 0 Å². The predicted molar refractivity (Wildman–Crippen MR) is 142 cm³/mol. The van der Waals surface area contributed by atoms with Crippen molar-refractivity contribution in [1.82, 2.24) is 0 Å². The van der Waals surface area contributed by atoms with E-state index in [-0.39, 0.29) is 11.9 Å². The number of carbonyl (C=O) groups excluding carboxylic acids is 1. The third kappa shape index (κ3) is 21.3. The molecule has 0 aliphatic carbocycles. The first-order valence-corrected chi connectivity index (χ1v) is 14.8.